The summed E-state index contributed by atoms with van der Waals surface area (Å²) in [7, 11) is 0. The van der Waals surface area contributed by atoms with Crippen LogP contribution in [0.4, 0.5) is 0 Å². The van der Waals surface area contributed by atoms with Crippen LogP contribution in [-0.2, 0) is 4.79 Å². The molecule has 1 nitrogen and oxygen atoms in total. The molecule has 0 aromatic carbocycles. The molecule has 1 aliphatic rings. The number of alkyl halides is 1. The molecule has 0 radical (unpaired) electrons. The van der Waals surface area contributed by atoms with Crippen LogP contribution in [0, 0.1) is 11.8 Å². The van der Waals surface area contributed by atoms with Gasteiger partial charge in [-0.05, 0) is 38.0 Å². The van der Waals surface area contributed by atoms with Crippen molar-refractivity contribution in [2.45, 2.75) is 51.9 Å². The van der Waals surface area contributed by atoms with Crippen LogP contribution >= 0.6 is 11.6 Å². The van der Waals surface area contributed by atoms with Crippen molar-refractivity contribution in [3.8, 4) is 0 Å². The molecule has 1 fully saturated rings. The van der Waals surface area contributed by atoms with Gasteiger partial charge in [0.2, 0.25) is 0 Å². The largest absolute Gasteiger partial charge is 0.299 e. The molecule has 2 heteroatoms. The first kappa shape index (κ1) is 12.0. The number of carbonyl (C=O) groups is 1. The molecule has 0 bridgehead atoms. The Balaban J connectivity index is 2.23. The Labute approximate surface area is 92.2 Å². The van der Waals surface area contributed by atoms with Gasteiger partial charge in [-0.2, -0.15) is 0 Å². The van der Waals surface area contributed by atoms with Gasteiger partial charge in [0, 0.05) is 18.2 Å². The predicted molar refractivity (Wildman–Crippen MR) is 60.7 cm³/mol. The molecule has 0 saturated heterocycles. The summed E-state index contributed by atoms with van der Waals surface area (Å²) in [5.41, 5.74) is 0. The fourth-order valence-electron chi connectivity index (χ4n) is 2.34. The maximum Gasteiger partial charge on any atom is 0.136 e. The molecule has 0 spiro atoms. The molecule has 0 amide bonds. The van der Waals surface area contributed by atoms with Gasteiger partial charge in [-0.15, -0.1) is 11.6 Å². The number of rotatable bonds is 5. The fourth-order valence-corrected chi connectivity index (χ4v) is 2.47. The van der Waals surface area contributed by atoms with Crippen molar-refractivity contribution in [1.82, 2.24) is 0 Å². The molecule has 0 aromatic heterocycles. The van der Waals surface area contributed by atoms with E-state index in [9.17, 15) is 4.79 Å². The van der Waals surface area contributed by atoms with Gasteiger partial charge in [-0.3, -0.25) is 4.79 Å². The minimum absolute atomic E-state index is 0.362. The lowest BCUT2D eigenvalue weighted by Gasteiger charge is -2.26. The van der Waals surface area contributed by atoms with E-state index in [1.54, 1.807) is 0 Å². The molecule has 0 unspecified atom stereocenters. The highest BCUT2D eigenvalue weighted by Gasteiger charge is 2.24. The Morgan fingerprint density at radius 3 is 2.43 bits per heavy atom. The lowest BCUT2D eigenvalue weighted by Crippen LogP contribution is -2.21. The minimum atomic E-state index is 0.362. The van der Waals surface area contributed by atoms with E-state index in [4.69, 9.17) is 11.6 Å². The Kier molecular flexibility index (Phi) is 5.54. The van der Waals surface area contributed by atoms with Crippen molar-refractivity contribution in [3.63, 3.8) is 0 Å². The molecule has 0 heterocycles. The predicted octanol–water partition coefficient (Wildman–Crippen LogP) is 3.79. The molecule has 1 saturated carbocycles. The number of halogens is 1. The average Bonchev–Trinajstić information content (AvgIpc) is 2.26. The highest BCUT2D eigenvalue weighted by molar-refractivity contribution is 6.17. The van der Waals surface area contributed by atoms with Crippen LogP contribution in [0.15, 0.2) is 0 Å². The third-order valence-electron chi connectivity index (χ3n) is 3.44. The van der Waals surface area contributed by atoms with Crippen LogP contribution in [0.3, 0.4) is 0 Å². The zero-order chi connectivity index (χ0) is 10.4. The van der Waals surface area contributed by atoms with Gasteiger partial charge in [-0.1, -0.05) is 13.3 Å². The van der Waals surface area contributed by atoms with E-state index < -0.39 is 0 Å². The number of hydrogen-bond acceptors (Lipinski definition) is 1. The summed E-state index contributed by atoms with van der Waals surface area (Å²) in [6.07, 6.45) is 7.60. The molecule has 0 atom stereocenters. The maximum atomic E-state index is 11.7. The van der Waals surface area contributed by atoms with E-state index in [1.807, 2.05) is 0 Å². The molecule has 1 rings (SSSR count). The minimum Gasteiger partial charge on any atom is -0.299 e. The summed E-state index contributed by atoms with van der Waals surface area (Å²) in [4.78, 5) is 11.7. The van der Waals surface area contributed by atoms with E-state index in [0.717, 1.165) is 25.2 Å². The summed E-state index contributed by atoms with van der Waals surface area (Å²) in [6.45, 7) is 2.25. The van der Waals surface area contributed by atoms with Gasteiger partial charge >= 0.3 is 0 Å². The van der Waals surface area contributed by atoms with Gasteiger partial charge < -0.3 is 0 Å². The molecule has 14 heavy (non-hydrogen) atoms. The number of carbonyl (C=O) groups excluding carboxylic acids is 1. The molecule has 1 aliphatic carbocycles. The Morgan fingerprint density at radius 2 is 1.93 bits per heavy atom. The molecule has 0 N–H and O–H groups in total. The normalized spacial score (nSPS) is 27.6. The third kappa shape index (κ3) is 3.61. The van der Waals surface area contributed by atoms with Crippen molar-refractivity contribution in [3.05, 3.63) is 0 Å². The van der Waals surface area contributed by atoms with Crippen molar-refractivity contribution >= 4 is 17.4 Å². The quantitative estimate of drug-likeness (QED) is 0.639. The van der Waals surface area contributed by atoms with E-state index in [0.29, 0.717) is 24.0 Å². The SMILES string of the molecule is CCC1CCC(C(=O)CCCCl)CC1. The van der Waals surface area contributed by atoms with Gasteiger partial charge in [0.05, 0.1) is 0 Å². The first-order valence-corrected chi connectivity index (χ1v) is 6.40. The van der Waals surface area contributed by atoms with Crippen LogP contribution in [-0.4, -0.2) is 11.7 Å². The summed E-state index contributed by atoms with van der Waals surface area (Å²) >= 11 is 5.58. The average molecular weight is 217 g/mol. The number of ketones is 1. The maximum absolute atomic E-state index is 11.7. The highest BCUT2D eigenvalue weighted by atomic mass is 35.5. The van der Waals surface area contributed by atoms with E-state index in [1.165, 1.54) is 19.3 Å². The summed E-state index contributed by atoms with van der Waals surface area (Å²) < 4.78 is 0. The Morgan fingerprint density at radius 1 is 1.29 bits per heavy atom. The highest BCUT2D eigenvalue weighted by Crippen LogP contribution is 2.31. The lowest BCUT2D eigenvalue weighted by atomic mass is 9.78. The fraction of sp³-hybridized carbons (Fsp3) is 0.917. The zero-order valence-electron chi connectivity index (χ0n) is 9.10. The molecular formula is C12H21ClO. The summed E-state index contributed by atoms with van der Waals surface area (Å²) in [5.74, 6) is 2.32. The first-order chi connectivity index (χ1) is 6.77. The second-order valence-corrected chi connectivity index (χ2v) is 4.76. The topological polar surface area (TPSA) is 17.1 Å². The van der Waals surface area contributed by atoms with Crippen LogP contribution < -0.4 is 0 Å². The van der Waals surface area contributed by atoms with Gasteiger partial charge in [0.1, 0.15) is 5.78 Å². The van der Waals surface area contributed by atoms with Crippen LogP contribution in [0.2, 0.25) is 0 Å². The first-order valence-electron chi connectivity index (χ1n) is 5.86. The number of hydrogen-bond donors (Lipinski definition) is 0. The molecule has 0 aromatic rings. The van der Waals surface area contributed by atoms with Gasteiger partial charge in [0.15, 0.2) is 0 Å². The van der Waals surface area contributed by atoms with Gasteiger partial charge in [-0.25, -0.2) is 0 Å². The molecular weight excluding hydrogens is 196 g/mol. The van der Waals surface area contributed by atoms with E-state index in [2.05, 4.69) is 6.92 Å². The monoisotopic (exact) mass is 216 g/mol. The van der Waals surface area contributed by atoms with E-state index in [-0.39, 0.29) is 0 Å². The van der Waals surface area contributed by atoms with Crippen molar-refractivity contribution in [1.29, 1.82) is 0 Å². The smallest absolute Gasteiger partial charge is 0.136 e. The van der Waals surface area contributed by atoms with Crippen molar-refractivity contribution in [2.75, 3.05) is 5.88 Å². The summed E-state index contributed by atoms with van der Waals surface area (Å²) in [6, 6.07) is 0. The zero-order valence-corrected chi connectivity index (χ0v) is 9.85. The molecule has 82 valence electrons. The third-order valence-corrected chi connectivity index (χ3v) is 3.70. The second-order valence-electron chi connectivity index (χ2n) is 4.38. The summed E-state index contributed by atoms with van der Waals surface area (Å²) in [5, 5.41) is 0. The van der Waals surface area contributed by atoms with Crippen LogP contribution in [0.1, 0.15) is 51.9 Å². The standard InChI is InChI=1S/C12H21ClO/c1-2-10-5-7-11(8-6-10)12(14)4-3-9-13/h10-11H,2-9H2,1H3. The lowest BCUT2D eigenvalue weighted by molar-refractivity contribution is -0.124. The van der Waals surface area contributed by atoms with E-state index >= 15 is 0 Å². The number of Topliss-reactive ketones (excluding diaryl/α,β-unsaturated/α-hetero) is 1. The Hall–Kier alpha value is -0.0400. The second kappa shape index (κ2) is 6.44. The van der Waals surface area contributed by atoms with Crippen molar-refractivity contribution in [2.24, 2.45) is 11.8 Å². The van der Waals surface area contributed by atoms with Crippen molar-refractivity contribution < 1.29 is 4.79 Å². The van der Waals surface area contributed by atoms with Crippen LogP contribution in [0.5, 0.6) is 0 Å². The Bertz CT molecular complexity index is 171. The van der Waals surface area contributed by atoms with Crippen LogP contribution in [0.25, 0.3) is 0 Å². The van der Waals surface area contributed by atoms with Gasteiger partial charge in [0.25, 0.3) is 0 Å². The molecule has 0 aliphatic heterocycles.